The maximum Gasteiger partial charge on any atom is 0.305 e. The Kier molecular flexibility index (Phi) is 7.25. The summed E-state index contributed by atoms with van der Waals surface area (Å²) >= 11 is 0. The van der Waals surface area contributed by atoms with Crippen molar-refractivity contribution in [3.05, 3.63) is 0 Å². The van der Waals surface area contributed by atoms with Crippen LogP contribution in [-0.4, -0.2) is 37.1 Å². The van der Waals surface area contributed by atoms with Gasteiger partial charge in [-0.05, 0) is 51.2 Å². The fourth-order valence-electron chi connectivity index (χ4n) is 2.11. The Labute approximate surface area is 106 Å². The zero-order valence-corrected chi connectivity index (χ0v) is 11.4. The highest BCUT2D eigenvalue weighted by molar-refractivity contribution is 5.69. The topological polar surface area (TPSA) is 29.5 Å². The van der Waals surface area contributed by atoms with Crippen LogP contribution in [0.3, 0.4) is 0 Å². The van der Waals surface area contributed by atoms with Gasteiger partial charge in [0.05, 0.1) is 6.61 Å². The highest BCUT2D eigenvalue weighted by atomic mass is 16.5. The van der Waals surface area contributed by atoms with E-state index in [1.54, 1.807) is 0 Å². The van der Waals surface area contributed by atoms with Crippen LogP contribution >= 0.6 is 0 Å². The SMILES string of the molecule is CC(C)CCOC(=O)CCCN1CCCCC1. The van der Waals surface area contributed by atoms with Crippen molar-refractivity contribution in [3.8, 4) is 0 Å². The van der Waals surface area contributed by atoms with E-state index in [1.807, 2.05) is 0 Å². The second kappa shape index (κ2) is 8.51. The van der Waals surface area contributed by atoms with Gasteiger partial charge in [0, 0.05) is 6.42 Å². The number of nitrogens with zero attached hydrogens (tertiary/aromatic N) is 1. The monoisotopic (exact) mass is 241 g/mol. The summed E-state index contributed by atoms with van der Waals surface area (Å²) in [5, 5.41) is 0. The van der Waals surface area contributed by atoms with Crippen molar-refractivity contribution < 1.29 is 9.53 Å². The summed E-state index contributed by atoms with van der Waals surface area (Å²) in [7, 11) is 0. The van der Waals surface area contributed by atoms with E-state index in [4.69, 9.17) is 4.74 Å². The van der Waals surface area contributed by atoms with Gasteiger partial charge in [-0.3, -0.25) is 4.79 Å². The molecule has 0 N–H and O–H groups in total. The van der Waals surface area contributed by atoms with Crippen molar-refractivity contribution in [2.24, 2.45) is 5.92 Å². The molecule has 0 amide bonds. The van der Waals surface area contributed by atoms with Crippen LogP contribution in [0.4, 0.5) is 0 Å². The van der Waals surface area contributed by atoms with Gasteiger partial charge in [0.2, 0.25) is 0 Å². The van der Waals surface area contributed by atoms with Gasteiger partial charge in [-0.1, -0.05) is 20.3 Å². The van der Waals surface area contributed by atoms with E-state index < -0.39 is 0 Å². The van der Waals surface area contributed by atoms with Gasteiger partial charge in [-0.15, -0.1) is 0 Å². The summed E-state index contributed by atoms with van der Waals surface area (Å²) in [6.07, 6.45) is 6.50. The molecule has 3 nitrogen and oxygen atoms in total. The minimum atomic E-state index is -0.0253. The molecule has 0 spiro atoms. The molecule has 1 saturated heterocycles. The van der Waals surface area contributed by atoms with Crippen molar-refractivity contribution in [3.63, 3.8) is 0 Å². The number of carbonyl (C=O) groups excluding carboxylic acids is 1. The molecule has 1 aliphatic rings. The molecule has 0 bridgehead atoms. The lowest BCUT2D eigenvalue weighted by Gasteiger charge is -2.26. The van der Waals surface area contributed by atoms with E-state index in [-0.39, 0.29) is 5.97 Å². The average molecular weight is 241 g/mol. The highest BCUT2D eigenvalue weighted by Crippen LogP contribution is 2.09. The summed E-state index contributed by atoms with van der Waals surface area (Å²) in [5.41, 5.74) is 0. The Morgan fingerprint density at radius 2 is 1.94 bits per heavy atom. The van der Waals surface area contributed by atoms with Crippen LogP contribution < -0.4 is 0 Å². The number of carbonyl (C=O) groups is 1. The smallest absolute Gasteiger partial charge is 0.305 e. The second-order valence-electron chi connectivity index (χ2n) is 5.41. The first-order chi connectivity index (χ1) is 8.18. The molecule has 100 valence electrons. The van der Waals surface area contributed by atoms with Gasteiger partial charge in [0.15, 0.2) is 0 Å². The number of likely N-dealkylation sites (tertiary alicyclic amines) is 1. The molecule has 0 unspecified atom stereocenters. The Morgan fingerprint density at radius 3 is 2.59 bits per heavy atom. The lowest BCUT2D eigenvalue weighted by Crippen LogP contribution is -2.30. The number of ether oxygens (including phenoxy) is 1. The first-order valence-electron chi connectivity index (χ1n) is 7.06. The van der Waals surface area contributed by atoms with Crippen molar-refractivity contribution >= 4 is 5.97 Å². The van der Waals surface area contributed by atoms with E-state index in [2.05, 4.69) is 18.7 Å². The van der Waals surface area contributed by atoms with Gasteiger partial charge in [-0.2, -0.15) is 0 Å². The van der Waals surface area contributed by atoms with E-state index in [9.17, 15) is 4.79 Å². The molecule has 0 saturated carbocycles. The predicted octanol–water partition coefficient (Wildman–Crippen LogP) is 2.84. The lowest BCUT2D eigenvalue weighted by atomic mass is 10.1. The number of piperidine rings is 1. The Bertz CT molecular complexity index is 210. The highest BCUT2D eigenvalue weighted by Gasteiger charge is 2.10. The van der Waals surface area contributed by atoms with Gasteiger partial charge < -0.3 is 9.64 Å². The first-order valence-corrected chi connectivity index (χ1v) is 7.06. The predicted molar refractivity (Wildman–Crippen MR) is 69.9 cm³/mol. The second-order valence-corrected chi connectivity index (χ2v) is 5.41. The third-order valence-corrected chi connectivity index (χ3v) is 3.26. The van der Waals surface area contributed by atoms with Crippen molar-refractivity contribution in [1.29, 1.82) is 0 Å². The van der Waals surface area contributed by atoms with Crippen LogP contribution in [0.1, 0.15) is 52.4 Å². The number of esters is 1. The Balaban J connectivity index is 1.95. The van der Waals surface area contributed by atoms with Crippen LogP contribution in [0.15, 0.2) is 0 Å². The van der Waals surface area contributed by atoms with Gasteiger partial charge in [0.25, 0.3) is 0 Å². The first kappa shape index (κ1) is 14.5. The lowest BCUT2D eigenvalue weighted by molar-refractivity contribution is -0.144. The largest absolute Gasteiger partial charge is 0.466 e. The van der Waals surface area contributed by atoms with Crippen molar-refractivity contribution in [1.82, 2.24) is 4.90 Å². The average Bonchev–Trinajstić information content (AvgIpc) is 2.30. The molecule has 17 heavy (non-hydrogen) atoms. The molecule has 0 aromatic carbocycles. The van der Waals surface area contributed by atoms with Gasteiger partial charge in [-0.25, -0.2) is 0 Å². The molecule has 0 radical (unpaired) electrons. The Hall–Kier alpha value is -0.570. The minimum Gasteiger partial charge on any atom is -0.466 e. The summed E-state index contributed by atoms with van der Waals surface area (Å²) in [6.45, 7) is 8.35. The van der Waals surface area contributed by atoms with Crippen LogP contribution in [0, 0.1) is 5.92 Å². The third-order valence-electron chi connectivity index (χ3n) is 3.26. The zero-order chi connectivity index (χ0) is 12.5. The van der Waals surface area contributed by atoms with E-state index in [0.29, 0.717) is 18.9 Å². The molecule has 1 rings (SSSR count). The van der Waals surface area contributed by atoms with Crippen molar-refractivity contribution in [2.75, 3.05) is 26.2 Å². The van der Waals surface area contributed by atoms with E-state index >= 15 is 0 Å². The summed E-state index contributed by atoms with van der Waals surface area (Å²) in [6, 6.07) is 0. The van der Waals surface area contributed by atoms with Crippen molar-refractivity contribution in [2.45, 2.75) is 52.4 Å². The number of rotatable bonds is 7. The summed E-state index contributed by atoms with van der Waals surface area (Å²) in [5.74, 6) is 0.582. The molecule has 0 aromatic rings. The maximum absolute atomic E-state index is 11.4. The normalized spacial score (nSPS) is 17.4. The molecular weight excluding hydrogens is 214 g/mol. The van der Waals surface area contributed by atoms with Gasteiger partial charge >= 0.3 is 5.97 Å². The molecule has 0 atom stereocenters. The van der Waals surface area contributed by atoms with E-state index in [1.165, 1.54) is 32.4 Å². The molecule has 1 heterocycles. The van der Waals surface area contributed by atoms with Crippen LogP contribution in [-0.2, 0) is 9.53 Å². The summed E-state index contributed by atoms with van der Waals surface area (Å²) in [4.78, 5) is 13.9. The van der Waals surface area contributed by atoms with Gasteiger partial charge in [0.1, 0.15) is 0 Å². The quantitative estimate of drug-likeness (QED) is 0.642. The maximum atomic E-state index is 11.4. The zero-order valence-electron chi connectivity index (χ0n) is 11.4. The summed E-state index contributed by atoms with van der Waals surface area (Å²) < 4.78 is 5.18. The molecule has 3 heteroatoms. The molecule has 1 aliphatic heterocycles. The van der Waals surface area contributed by atoms with E-state index in [0.717, 1.165) is 19.4 Å². The minimum absolute atomic E-state index is 0.0253. The Morgan fingerprint density at radius 1 is 1.24 bits per heavy atom. The number of hydrogen-bond donors (Lipinski definition) is 0. The van der Waals surface area contributed by atoms with Crippen LogP contribution in [0.5, 0.6) is 0 Å². The fraction of sp³-hybridized carbons (Fsp3) is 0.929. The molecular formula is C14H27NO2. The molecule has 0 aliphatic carbocycles. The van der Waals surface area contributed by atoms with Crippen LogP contribution in [0.25, 0.3) is 0 Å². The molecule has 0 aromatic heterocycles. The van der Waals surface area contributed by atoms with Crippen LogP contribution in [0.2, 0.25) is 0 Å². The number of hydrogen-bond acceptors (Lipinski definition) is 3. The molecule has 1 fully saturated rings. The third kappa shape index (κ3) is 7.37. The standard InChI is InChI=1S/C14H27NO2/c1-13(2)8-12-17-14(16)7-6-11-15-9-4-3-5-10-15/h13H,3-12H2,1-2H3. The fourth-order valence-corrected chi connectivity index (χ4v) is 2.11.